The number of urea groups is 1. The van der Waals surface area contributed by atoms with Crippen molar-refractivity contribution in [3.63, 3.8) is 0 Å². The van der Waals surface area contributed by atoms with Crippen molar-refractivity contribution >= 4 is 16.1 Å². The molecule has 1 aliphatic carbocycles. The molecule has 2 aromatic carbocycles. The fourth-order valence-corrected chi connectivity index (χ4v) is 5.79. The van der Waals surface area contributed by atoms with Crippen molar-refractivity contribution in [2.24, 2.45) is 5.41 Å². The number of alkyl halides is 4. The van der Waals surface area contributed by atoms with Crippen molar-refractivity contribution in [1.29, 1.82) is 0 Å². The van der Waals surface area contributed by atoms with Gasteiger partial charge in [0, 0.05) is 35.7 Å². The first-order valence-corrected chi connectivity index (χ1v) is 13.2. The highest BCUT2D eigenvalue weighted by Gasteiger charge is 2.62. The molecule has 4 rings (SSSR count). The summed E-state index contributed by atoms with van der Waals surface area (Å²) in [6, 6.07) is 2.54. The van der Waals surface area contributed by atoms with Crippen molar-refractivity contribution in [1.82, 2.24) is 14.9 Å². The lowest BCUT2D eigenvalue weighted by Gasteiger charge is -2.27. The molecule has 2 N–H and O–H groups in total. The molecule has 2 aliphatic rings. The minimum atomic E-state index is -4.92. The zero-order chi connectivity index (χ0) is 28.0. The van der Waals surface area contributed by atoms with Crippen LogP contribution in [0.5, 0.6) is 0 Å². The zero-order valence-corrected chi connectivity index (χ0v) is 20.7. The molecule has 1 saturated heterocycles. The second kappa shape index (κ2) is 10.4. The number of rotatable bonds is 8. The van der Waals surface area contributed by atoms with E-state index in [1.54, 1.807) is 0 Å². The van der Waals surface area contributed by atoms with Crippen molar-refractivity contribution in [2.75, 3.05) is 6.54 Å². The Bertz CT molecular complexity index is 1310. The minimum Gasteiger partial charge on any atom is -0.330 e. The highest BCUT2D eigenvalue weighted by atomic mass is 32.2. The van der Waals surface area contributed by atoms with Crippen LogP contribution in [-0.2, 0) is 16.4 Å². The van der Waals surface area contributed by atoms with E-state index >= 15 is 4.39 Å². The highest BCUT2D eigenvalue weighted by Crippen LogP contribution is 2.56. The van der Waals surface area contributed by atoms with Crippen LogP contribution in [0.25, 0.3) is 11.1 Å². The Morgan fingerprint density at radius 3 is 2.34 bits per heavy atom. The van der Waals surface area contributed by atoms with Gasteiger partial charge in [-0.3, -0.25) is 0 Å². The predicted octanol–water partition coefficient (Wildman–Crippen LogP) is 4.65. The third kappa shape index (κ3) is 5.75. The number of nitrogens with one attached hydrogen (secondary N) is 2. The monoisotopic (exact) mass is 567 g/mol. The summed E-state index contributed by atoms with van der Waals surface area (Å²) in [5.74, 6) is -6.30. The fraction of sp³-hybridized carbons (Fsp3) is 0.458. The number of sulfonamides is 1. The summed E-state index contributed by atoms with van der Waals surface area (Å²) < 4.78 is 120. The normalized spacial score (nSPS) is 23.9. The van der Waals surface area contributed by atoms with Gasteiger partial charge in [-0.1, -0.05) is 18.2 Å². The first-order chi connectivity index (χ1) is 17.7. The van der Waals surface area contributed by atoms with Gasteiger partial charge in [0.2, 0.25) is 0 Å². The summed E-state index contributed by atoms with van der Waals surface area (Å²) in [6.07, 6.45) is -2.82. The second-order valence-corrected chi connectivity index (χ2v) is 11.4. The molecule has 1 aliphatic heterocycles. The standard InChI is InChI=1S/C24H24F7N3O3S/c1-12(21(28)29)32-23(35)34-11-24(10-19(24)33-38(36,37)22(30)31)9-17(34)7-13-3-2-4-18(20(13)27)14-5-15(25)8-16(26)6-14/h2-6,8,12,17,19,21-22,33H,7,9-11H2,1H3,(H,32,35). The number of hydrogen-bond donors (Lipinski definition) is 2. The van der Waals surface area contributed by atoms with Gasteiger partial charge >= 0.3 is 11.8 Å². The van der Waals surface area contributed by atoms with Crippen LogP contribution in [0, 0.1) is 22.9 Å². The van der Waals surface area contributed by atoms with Crippen molar-refractivity contribution in [3.05, 3.63) is 59.4 Å². The van der Waals surface area contributed by atoms with E-state index in [1.165, 1.54) is 23.1 Å². The summed E-state index contributed by atoms with van der Waals surface area (Å²) >= 11 is 0. The third-order valence-corrected chi connectivity index (χ3v) is 8.08. The third-order valence-electron chi connectivity index (χ3n) is 7.00. The molecule has 6 nitrogen and oxygen atoms in total. The minimum absolute atomic E-state index is 0.0549. The van der Waals surface area contributed by atoms with Gasteiger partial charge in [-0.25, -0.2) is 39.9 Å². The lowest BCUT2D eigenvalue weighted by atomic mass is 9.94. The first-order valence-electron chi connectivity index (χ1n) is 11.6. The molecule has 4 atom stereocenters. The van der Waals surface area contributed by atoms with E-state index in [0.29, 0.717) is 6.07 Å². The Kier molecular flexibility index (Phi) is 7.67. The van der Waals surface area contributed by atoms with Crippen molar-refractivity contribution < 1.29 is 43.9 Å². The van der Waals surface area contributed by atoms with E-state index in [2.05, 4.69) is 5.32 Å². The lowest BCUT2D eigenvalue weighted by Crippen LogP contribution is -2.48. The largest absolute Gasteiger partial charge is 0.350 e. The lowest BCUT2D eigenvalue weighted by molar-refractivity contribution is 0.103. The van der Waals surface area contributed by atoms with Crippen LogP contribution in [0.2, 0.25) is 0 Å². The second-order valence-electron chi connectivity index (χ2n) is 9.74. The molecule has 2 fully saturated rings. The van der Waals surface area contributed by atoms with Gasteiger partial charge in [0.1, 0.15) is 17.5 Å². The summed E-state index contributed by atoms with van der Waals surface area (Å²) in [5, 5.41) is 2.15. The molecule has 38 heavy (non-hydrogen) atoms. The average Bonchev–Trinajstić information content (AvgIpc) is 3.31. The molecule has 0 radical (unpaired) electrons. The van der Waals surface area contributed by atoms with E-state index in [0.717, 1.165) is 19.1 Å². The maximum Gasteiger partial charge on any atom is 0.350 e. The zero-order valence-electron chi connectivity index (χ0n) is 19.9. The number of halogens is 7. The van der Waals surface area contributed by atoms with Crippen LogP contribution in [0.3, 0.4) is 0 Å². The molecule has 1 saturated carbocycles. The predicted molar refractivity (Wildman–Crippen MR) is 123 cm³/mol. The summed E-state index contributed by atoms with van der Waals surface area (Å²) in [6.45, 7) is 0.952. The van der Waals surface area contributed by atoms with Gasteiger partial charge in [-0.05, 0) is 49.4 Å². The number of amides is 2. The van der Waals surface area contributed by atoms with Crippen LogP contribution in [0.15, 0.2) is 36.4 Å². The number of nitrogens with zero attached hydrogens (tertiary/aromatic N) is 1. The van der Waals surface area contributed by atoms with E-state index in [1.807, 2.05) is 4.72 Å². The molecular weight excluding hydrogens is 543 g/mol. The van der Waals surface area contributed by atoms with E-state index < -0.39 is 69.2 Å². The molecule has 1 heterocycles. The Morgan fingerprint density at radius 1 is 1.08 bits per heavy atom. The fourth-order valence-electron chi connectivity index (χ4n) is 4.96. The van der Waals surface area contributed by atoms with Gasteiger partial charge in [0.05, 0.1) is 6.04 Å². The molecule has 4 unspecified atom stereocenters. The summed E-state index contributed by atoms with van der Waals surface area (Å²) in [5.41, 5.74) is -1.05. The number of likely N-dealkylation sites (tertiary alicyclic amines) is 1. The van der Waals surface area contributed by atoms with Crippen molar-refractivity contribution in [3.8, 4) is 11.1 Å². The number of benzene rings is 2. The molecular formula is C24H24F7N3O3S. The van der Waals surface area contributed by atoms with Crippen LogP contribution in [0.1, 0.15) is 25.3 Å². The number of carbonyl (C=O) groups excluding carboxylic acids is 1. The maximum atomic E-state index is 15.5. The van der Waals surface area contributed by atoms with Gasteiger partial charge in [-0.15, -0.1) is 0 Å². The Hall–Kier alpha value is -2.87. The average molecular weight is 568 g/mol. The smallest absolute Gasteiger partial charge is 0.330 e. The van der Waals surface area contributed by atoms with E-state index in [9.17, 15) is 39.6 Å². The van der Waals surface area contributed by atoms with Crippen LogP contribution in [-0.4, -0.2) is 56.2 Å². The Balaban J connectivity index is 1.61. The molecule has 1 spiro atoms. The molecule has 2 amide bonds. The van der Waals surface area contributed by atoms with Crippen LogP contribution in [0.4, 0.5) is 35.5 Å². The summed E-state index contributed by atoms with van der Waals surface area (Å²) in [7, 11) is -4.92. The highest BCUT2D eigenvalue weighted by molar-refractivity contribution is 7.89. The maximum absolute atomic E-state index is 15.5. The van der Waals surface area contributed by atoms with Crippen LogP contribution < -0.4 is 10.0 Å². The van der Waals surface area contributed by atoms with E-state index in [4.69, 9.17) is 0 Å². The molecule has 0 bridgehead atoms. The molecule has 14 heteroatoms. The molecule has 208 valence electrons. The number of carbonyl (C=O) groups is 1. The quantitative estimate of drug-likeness (QED) is 0.456. The van der Waals surface area contributed by atoms with Crippen molar-refractivity contribution in [2.45, 2.75) is 56.5 Å². The number of hydrogen-bond acceptors (Lipinski definition) is 3. The Labute approximate surface area is 214 Å². The topological polar surface area (TPSA) is 78.5 Å². The van der Waals surface area contributed by atoms with Gasteiger partial charge in [-0.2, -0.15) is 8.78 Å². The molecule has 2 aromatic rings. The van der Waals surface area contributed by atoms with Gasteiger partial charge < -0.3 is 10.2 Å². The van der Waals surface area contributed by atoms with Gasteiger partial charge in [0.15, 0.2) is 0 Å². The van der Waals surface area contributed by atoms with Crippen LogP contribution >= 0.6 is 0 Å². The Morgan fingerprint density at radius 2 is 1.74 bits per heavy atom. The SMILES string of the molecule is CC(NC(=O)N1CC2(CC1Cc1cccc(-c3cc(F)cc(F)c3)c1F)CC2NS(=O)(=O)C(F)F)C(F)F. The summed E-state index contributed by atoms with van der Waals surface area (Å²) in [4.78, 5) is 14.0. The van der Waals surface area contributed by atoms with E-state index in [-0.39, 0.29) is 42.5 Å². The first kappa shape index (κ1) is 28.1. The molecule has 0 aromatic heterocycles. The van der Waals surface area contributed by atoms with Gasteiger partial charge in [0.25, 0.3) is 16.4 Å².